The van der Waals surface area contributed by atoms with Gasteiger partial charge in [0.05, 0.1) is 0 Å². The maximum absolute atomic E-state index is 11.6. The van der Waals surface area contributed by atoms with Gasteiger partial charge in [-0.15, -0.1) is 0 Å². The van der Waals surface area contributed by atoms with Gasteiger partial charge in [0.15, 0.2) is 0 Å². The first-order valence-electron chi connectivity index (χ1n) is 6.56. The minimum Gasteiger partial charge on any atom is -0.386 e. The number of unbranched alkanes of at least 4 members (excludes halogenated alkanes) is 1. The summed E-state index contributed by atoms with van der Waals surface area (Å²) in [6, 6.07) is 0.639. The van der Waals surface area contributed by atoms with Crippen molar-refractivity contribution < 1.29 is 27.6 Å². The van der Waals surface area contributed by atoms with Crippen LogP contribution in [0.3, 0.4) is 0 Å². The zero-order valence-electron chi connectivity index (χ0n) is 13.4. The van der Waals surface area contributed by atoms with Gasteiger partial charge in [0.25, 0.3) is 0 Å². The van der Waals surface area contributed by atoms with Crippen molar-refractivity contribution in [2.45, 2.75) is 32.7 Å². The number of ether oxygens (including phenoxy) is 1. The van der Waals surface area contributed by atoms with E-state index in [-0.39, 0.29) is 5.57 Å². The number of hydrogen-bond acceptors (Lipinski definition) is 6. The Labute approximate surface area is 127 Å². The molecule has 0 saturated heterocycles. The zero-order valence-corrected chi connectivity index (χ0v) is 14.4. The van der Waals surface area contributed by atoms with Gasteiger partial charge >= 0.3 is 20.7 Å². The smallest absolute Gasteiger partial charge is 0.386 e. The normalized spacial score (nSPS) is 12.1. The summed E-state index contributed by atoms with van der Waals surface area (Å²) in [5, 5.41) is 0. The number of hydrogen-bond donors (Lipinski definition) is 0. The largest absolute Gasteiger partial charge is 0.500 e. The Kier molecular flexibility index (Phi) is 9.03. The van der Waals surface area contributed by atoms with E-state index < -0.39 is 20.7 Å². The van der Waals surface area contributed by atoms with Gasteiger partial charge in [0, 0.05) is 38.5 Å². The van der Waals surface area contributed by atoms with Crippen LogP contribution in [0.15, 0.2) is 23.8 Å². The Hall–Kier alpha value is -1.28. The van der Waals surface area contributed by atoms with Crippen molar-refractivity contribution in [2.75, 3.05) is 21.3 Å². The molecule has 0 N–H and O–H groups in total. The van der Waals surface area contributed by atoms with Crippen LogP contribution in [0.2, 0.25) is 6.04 Å². The van der Waals surface area contributed by atoms with E-state index >= 15 is 0 Å². The molecule has 0 aliphatic rings. The summed E-state index contributed by atoms with van der Waals surface area (Å²) in [5.74, 6) is -1.37. The molecule has 0 radical (unpaired) electrons. The van der Waals surface area contributed by atoms with Crippen LogP contribution in [0.1, 0.15) is 26.7 Å². The maximum Gasteiger partial charge on any atom is 0.500 e. The fraction of sp³-hybridized carbons (Fsp3) is 0.571. The van der Waals surface area contributed by atoms with E-state index in [1.807, 2.05) is 0 Å². The molecule has 21 heavy (non-hydrogen) atoms. The average molecular weight is 316 g/mol. The standard InChI is InChI=1S/C14H24O6Si/c1-11(2)13(15)20-14(16)12(3)9-7-8-10-21(17-4,18-5)19-6/h9H,1,7-8,10H2,2-6H3. The minimum atomic E-state index is -2.57. The molecule has 6 nitrogen and oxygen atoms in total. The summed E-state index contributed by atoms with van der Waals surface area (Å²) < 4.78 is 20.5. The molecule has 0 unspecified atom stereocenters. The third kappa shape index (κ3) is 6.81. The zero-order chi connectivity index (χ0) is 16.5. The van der Waals surface area contributed by atoms with E-state index in [9.17, 15) is 9.59 Å². The molecule has 0 amide bonds. The van der Waals surface area contributed by atoms with Gasteiger partial charge in [-0.1, -0.05) is 12.7 Å². The van der Waals surface area contributed by atoms with Gasteiger partial charge in [0.1, 0.15) is 0 Å². The molecule has 0 fully saturated rings. The monoisotopic (exact) mass is 316 g/mol. The molecule has 0 heterocycles. The molecular weight excluding hydrogens is 292 g/mol. The fourth-order valence-electron chi connectivity index (χ4n) is 1.53. The molecule has 0 aromatic heterocycles. The highest BCUT2D eigenvalue weighted by Gasteiger charge is 2.36. The third-order valence-corrected chi connectivity index (χ3v) is 5.76. The SMILES string of the molecule is C=C(C)C(=O)OC(=O)C(C)=CCCC[Si](OC)(OC)OC. The van der Waals surface area contributed by atoms with E-state index in [4.69, 9.17) is 13.3 Å². The van der Waals surface area contributed by atoms with Crippen molar-refractivity contribution in [2.24, 2.45) is 0 Å². The summed E-state index contributed by atoms with van der Waals surface area (Å²) >= 11 is 0. The van der Waals surface area contributed by atoms with Crippen LogP contribution >= 0.6 is 0 Å². The second kappa shape index (κ2) is 9.62. The van der Waals surface area contributed by atoms with Crippen LogP contribution in [0, 0.1) is 0 Å². The molecule has 0 aliphatic heterocycles. The molecule has 0 atom stereocenters. The topological polar surface area (TPSA) is 71.1 Å². The quantitative estimate of drug-likeness (QED) is 0.214. The Morgan fingerprint density at radius 1 is 1.05 bits per heavy atom. The average Bonchev–Trinajstić information content (AvgIpc) is 2.47. The van der Waals surface area contributed by atoms with E-state index in [2.05, 4.69) is 11.3 Å². The number of carbonyl (C=O) groups is 2. The number of esters is 2. The first-order valence-corrected chi connectivity index (χ1v) is 8.49. The first-order chi connectivity index (χ1) is 9.81. The van der Waals surface area contributed by atoms with E-state index in [0.29, 0.717) is 18.0 Å². The van der Waals surface area contributed by atoms with Crippen LogP contribution in [0.25, 0.3) is 0 Å². The lowest BCUT2D eigenvalue weighted by atomic mass is 10.2. The number of rotatable bonds is 9. The van der Waals surface area contributed by atoms with Crippen molar-refractivity contribution in [3.63, 3.8) is 0 Å². The summed E-state index contributed by atoms with van der Waals surface area (Å²) in [6.07, 6.45) is 3.09. The van der Waals surface area contributed by atoms with Gasteiger partial charge in [-0.3, -0.25) is 0 Å². The van der Waals surface area contributed by atoms with Crippen LogP contribution in [-0.2, 0) is 27.6 Å². The Morgan fingerprint density at radius 3 is 2.00 bits per heavy atom. The number of allylic oxidation sites excluding steroid dienone is 1. The Balaban J connectivity index is 4.33. The highest BCUT2D eigenvalue weighted by atomic mass is 28.4. The minimum absolute atomic E-state index is 0.187. The molecular formula is C14H24O6Si. The maximum atomic E-state index is 11.6. The molecule has 0 aromatic rings. The van der Waals surface area contributed by atoms with E-state index in [1.54, 1.807) is 34.3 Å². The second-order valence-corrected chi connectivity index (χ2v) is 7.62. The van der Waals surface area contributed by atoms with Crippen LogP contribution in [-0.4, -0.2) is 42.1 Å². The Morgan fingerprint density at radius 2 is 1.57 bits per heavy atom. The molecule has 0 aliphatic carbocycles. The lowest BCUT2D eigenvalue weighted by molar-refractivity contribution is -0.153. The summed E-state index contributed by atoms with van der Waals surface area (Å²) in [4.78, 5) is 22.8. The second-order valence-electron chi connectivity index (χ2n) is 4.53. The molecule has 0 rings (SSSR count). The Bertz CT molecular complexity index is 403. The van der Waals surface area contributed by atoms with Crippen LogP contribution in [0.4, 0.5) is 0 Å². The molecule has 0 spiro atoms. The van der Waals surface area contributed by atoms with Gasteiger partial charge < -0.3 is 18.0 Å². The molecule has 0 bridgehead atoms. The first kappa shape index (κ1) is 19.7. The van der Waals surface area contributed by atoms with E-state index in [1.165, 1.54) is 6.92 Å². The van der Waals surface area contributed by atoms with Gasteiger partial charge in [-0.05, 0) is 26.7 Å². The van der Waals surface area contributed by atoms with Crippen molar-refractivity contribution in [1.82, 2.24) is 0 Å². The molecule has 0 aromatic carbocycles. The van der Waals surface area contributed by atoms with E-state index in [0.717, 1.165) is 6.42 Å². The highest BCUT2D eigenvalue weighted by Crippen LogP contribution is 2.17. The van der Waals surface area contributed by atoms with Crippen molar-refractivity contribution in [1.29, 1.82) is 0 Å². The predicted octanol–water partition coefficient (Wildman–Crippen LogP) is 2.24. The van der Waals surface area contributed by atoms with Crippen molar-refractivity contribution in [3.8, 4) is 0 Å². The summed E-state index contributed by atoms with van der Waals surface area (Å²) in [6.45, 7) is 6.50. The highest BCUT2D eigenvalue weighted by molar-refractivity contribution is 6.60. The van der Waals surface area contributed by atoms with Crippen LogP contribution in [0.5, 0.6) is 0 Å². The van der Waals surface area contributed by atoms with Gasteiger partial charge in [-0.25, -0.2) is 9.59 Å². The third-order valence-electron chi connectivity index (χ3n) is 2.93. The lowest BCUT2D eigenvalue weighted by Crippen LogP contribution is -2.42. The molecule has 120 valence electrons. The summed E-state index contributed by atoms with van der Waals surface area (Å²) in [5.41, 5.74) is 0.566. The fourth-order valence-corrected chi connectivity index (χ4v) is 3.28. The summed E-state index contributed by atoms with van der Waals surface area (Å²) in [7, 11) is 2.10. The molecule has 7 heteroatoms. The molecule has 0 saturated carbocycles. The lowest BCUT2D eigenvalue weighted by Gasteiger charge is -2.23. The van der Waals surface area contributed by atoms with Gasteiger partial charge in [0.2, 0.25) is 0 Å². The van der Waals surface area contributed by atoms with Crippen molar-refractivity contribution in [3.05, 3.63) is 23.8 Å². The predicted molar refractivity (Wildman–Crippen MR) is 80.5 cm³/mol. The number of carbonyl (C=O) groups excluding carboxylic acids is 2. The van der Waals surface area contributed by atoms with Crippen LogP contribution < -0.4 is 0 Å². The van der Waals surface area contributed by atoms with Crippen molar-refractivity contribution >= 4 is 20.7 Å². The van der Waals surface area contributed by atoms with Gasteiger partial charge in [-0.2, -0.15) is 0 Å².